The largest absolute Gasteiger partial charge is 0.573 e. The van der Waals surface area contributed by atoms with Crippen LogP contribution >= 0.6 is 0 Å². The van der Waals surface area contributed by atoms with Gasteiger partial charge >= 0.3 is 6.36 Å². The van der Waals surface area contributed by atoms with Crippen molar-refractivity contribution in [2.45, 2.75) is 6.36 Å². The Bertz CT molecular complexity index is 560. The molecule has 0 aliphatic rings. The molecule has 1 aromatic carbocycles. The van der Waals surface area contributed by atoms with Crippen LogP contribution < -0.4 is 4.74 Å². The first-order valence-corrected chi connectivity index (χ1v) is 4.99. The van der Waals surface area contributed by atoms with E-state index in [9.17, 15) is 18.0 Å². The highest BCUT2D eigenvalue weighted by Gasteiger charge is 2.32. The van der Waals surface area contributed by atoms with Crippen LogP contribution in [0.3, 0.4) is 0 Å². The lowest BCUT2D eigenvalue weighted by Crippen LogP contribution is -2.18. The molecule has 0 saturated carbocycles. The minimum Gasteiger partial charge on any atom is -0.404 e. The third kappa shape index (κ3) is 2.53. The maximum absolute atomic E-state index is 12.2. The van der Waals surface area contributed by atoms with Crippen LogP contribution in [0, 0.1) is 0 Å². The SMILES string of the molecule is O=Cc1cccn1-c1ccccc1OC(F)(F)F. The van der Waals surface area contributed by atoms with E-state index < -0.39 is 6.36 Å². The highest BCUT2D eigenvalue weighted by Crippen LogP contribution is 2.29. The van der Waals surface area contributed by atoms with Crippen LogP contribution in [-0.4, -0.2) is 17.2 Å². The number of carbonyl (C=O) groups excluding carboxylic acids is 1. The zero-order chi connectivity index (χ0) is 13.2. The second kappa shape index (κ2) is 4.56. The van der Waals surface area contributed by atoms with Crippen molar-refractivity contribution in [3.05, 3.63) is 48.3 Å². The Morgan fingerprint density at radius 3 is 2.50 bits per heavy atom. The molecule has 6 heteroatoms. The Balaban J connectivity index is 2.48. The van der Waals surface area contributed by atoms with E-state index in [0.717, 1.165) is 0 Å². The number of alkyl halides is 3. The number of nitrogens with zero attached hydrogens (tertiary/aromatic N) is 1. The van der Waals surface area contributed by atoms with Gasteiger partial charge < -0.3 is 9.30 Å². The summed E-state index contributed by atoms with van der Waals surface area (Å²) in [5, 5.41) is 0. The molecule has 1 heterocycles. The van der Waals surface area contributed by atoms with Crippen molar-refractivity contribution in [1.29, 1.82) is 0 Å². The Hall–Kier alpha value is -2.24. The van der Waals surface area contributed by atoms with Gasteiger partial charge in [-0.3, -0.25) is 4.79 Å². The smallest absolute Gasteiger partial charge is 0.404 e. The molecule has 0 aliphatic carbocycles. The molecule has 0 bridgehead atoms. The minimum absolute atomic E-state index is 0.155. The van der Waals surface area contributed by atoms with E-state index in [-0.39, 0.29) is 17.1 Å². The van der Waals surface area contributed by atoms with Gasteiger partial charge in [0.25, 0.3) is 0 Å². The van der Waals surface area contributed by atoms with E-state index in [1.54, 1.807) is 12.1 Å². The number of rotatable bonds is 3. The van der Waals surface area contributed by atoms with Crippen LogP contribution in [0.15, 0.2) is 42.6 Å². The Morgan fingerprint density at radius 2 is 1.83 bits per heavy atom. The van der Waals surface area contributed by atoms with Crippen LogP contribution in [0.2, 0.25) is 0 Å². The first-order valence-electron chi connectivity index (χ1n) is 4.99. The van der Waals surface area contributed by atoms with Crippen LogP contribution in [0.4, 0.5) is 13.2 Å². The van der Waals surface area contributed by atoms with Gasteiger partial charge in [-0.05, 0) is 24.3 Å². The van der Waals surface area contributed by atoms with Crippen molar-refractivity contribution in [3.63, 3.8) is 0 Å². The van der Waals surface area contributed by atoms with Gasteiger partial charge in [0.1, 0.15) is 0 Å². The minimum atomic E-state index is -4.77. The molecule has 3 nitrogen and oxygen atoms in total. The summed E-state index contributed by atoms with van der Waals surface area (Å²) in [4.78, 5) is 10.8. The van der Waals surface area contributed by atoms with Crippen molar-refractivity contribution in [2.24, 2.45) is 0 Å². The number of benzene rings is 1. The molecule has 0 saturated heterocycles. The van der Waals surface area contributed by atoms with Gasteiger partial charge in [-0.15, -0.1) is 13.2 Å². The molecule has 1 aromatic heterocycles. The first kappa shape index (κ1) is 12.2. The number of para-hydroxylation sites is 2. The molecule has 0 radical (unpaired) electrons. The van der Waals surface area contributed by atoms with Crippen molar-refractivity contribution in [2.75, 3.05) is 0 Å². The maximum atomic E-state index is 12.2. The van der Waals surface area contributed by atoms with E-state index in [4.69, 9.17) is 0 Å². The third-order valence-corrected chi connectivity index (χ3v) is 2.25. The fraction of sp³-hybridized carbons (Fsp3) is 0.0833. The van der Waals surface area contributed by atoms with Gasteiger partial charge in [0.05, 0.1) is 11.4 Å². The lowest BCUT2D eigenvalue weighted by atomic mass is 10.3. The summed E-state index contributed by atoms with van der Waals surface area (Å²) in [7, 11) is 0. The second-order valence-electron chi connectivity index (χ2n) is 3.44. The quantitative estimate of drug-likeness (QED) is 0.789. The number of aldehydes is 1. The fourth-order valence-corrected chi connectivity index (χ4v) is 1.58. The second-order valence-corrected chi connectivity index (χ2v) is 3.44. The van der Waals surface area contributed by atoms with E-state index >= 15 is 0 Å². The number of hydrogen-bond donors (Lipinski definition) is 0. The fourth-order valence-electron chi connectivity index (χ4n) is 1.58. The van der Waals surface area contributed by atoms with E-state index in [0.29, 0.717) is 6.29 Å². The molecular weight excluding hydrogens is 247 g/mol. The summed E-state index contributed by atoms with van der Waals surface area (Å²) >= 11 is 0. The Kier molecular flexibility index (Phi) is 3.10. The molecule has 0 spiro atoms. The normalized spacial score (nSPS) is 11.3. The zero-order valence-electron chi connectivity index (χ0n) is 9.02. The summed E-state index contributed by atoms with van der Waals surface area (Å²) in [6.07, 6.45) is -2.72. The standard InChI is InChI=1S/C12H8F3NO2/c13-12(14,15)18-11-6-2-1-5-10(11)16-7-3-4-9(16)8-17/h1-8H. The molecule has 0 atom stereocenters. The average molecular weight is 255 g/mol. The molecule has 2 aromatic rings. The highest BCUT2D eigenvalue weighted by atomic mass is 19.4. The number of carbonyl (C=O) groups is 1. The molecule has 0 unspecified atom stereocenters. The van der Waals surface area contributed by atoms with Crippen LogP contribution in [0.25, 0.3) is 5.69 Å². The Labute approximate surface area is 100 Å². The van der Waals surface area contributed by atoms with Gasteiger partial charge in [0.15, 0.2) is 12.0 Å². The topological polar surface area (TPSA) is 31.2 Å². The number of ether oxygens (including phenoxy) is 1. The van der Waals surface area contributed by atoms with E-state index in [1.165, 1.54) is 35.0 Å². The summed E-state index contributed by atoms with van der Waals surface area (Å²) in [5.74, 6) is -0.357. The van der Waals surface area contributed by atoms with Crippen LogP contribution in [-0.2, 0) is 0 Å². The first-order chi connectivity index (χ1) is 8.51. The molecular formula is C12H8F3NO2. The monoisotopic (exact) mass is 255 g/mol. The number of halogens is 3. The summed E-state index contributed by atoms with van der Waals surface area (Å²) in [5.41, 5.74) is 0.398. The van der Waals surface area contributed by atoms with Crippen LogP contribution in [0.1, 0.15) is 10.5 Å². The molecule has 0 aliphatic heterocycles. The molecule has 94 valence electrons. The van der Waals surface area contributed by atoms with Gasteiger partial charge in [-0.25, -0.2) is 0 Å². The van der Waals surface area contributed by atoms with Gasteiger partial charge in [-0.2, -0.15) is 0 Å². The summed E-state index contributed by atoms with van der Waals surface area (Å²) in [6, 6.07) is 8.68. The predicted molar refractivity (Wildman–Crippen MR) is 57.8 cm³/mol. The predicted octanol–water partition coefficient (Wildman–Crippen LogP) is 3.19. The summed E-state index contributed by atoms with van der Waals surface area (Å²) in [6.45, 7) is 0. The number of hydrogen-bond acceptors (Lipinski definition) is 2. The molecule has 0 fully saturated rings. The van der Waals surface area contributed by atoms with E-state index in [2.05, 4.69) is 4.74 Å². The van der Waals surface area contributed by atoms with E-state index in [1.807, 2.05) is 0 Å². The lowest BCUT2D eigenvalue weighted by Gasteiger charge is -2.14. The van der Waals surface area contributed by atoms with Crippen molar-refractivity contribution >= 4 is 6.29 Å². The van der Waals surface area contributed by atoms with Gasteiger partial charge in [-0.1, -0.05) is 12.1 Å². The molecule has 2 rings (SSSR count). The van der Waals surface area contributed by atoms with Crippen molar-refractivity contribution < 1.29 is 22.7 Å². The van der Waals surface area contributed by atoms with Gasteiger partial charge in [0.2, 0.25) is 0 Å². The van der Waals surface area contributed by atoms with Gasteiger partial charge in [0, 0.05) is 6.20 Å². The third-order valence-electron chi connectivity index (χ3n) is 2.25. The lowest BCUT2D eigenvalue weighted by molar-refractivity contribution is -0.274. The maximum Gasteiger partial charge on any atom is 0.573 e. The molecule has 0 amide bonds. The highest BCUT2D eigenvalue weighted by molar-refractivity contribution is 5.74. The molecule has 18 heavy (non-hydrogen) atoms. The average Bonchev–Trinajstić information content (AvgIpc) is 2.75. The zero-order valence-corrected chi connectivity index (χ0v) is 9.02. The van der Waals surface area contributed by atoms with Crippen molar-refractivity contribution in [3.8, 4) is 11.4 Å². The molecule has 0 N–H and O–H groups in total. The van der Waals surface area contributed by atoms with Crippen LogP contribution in [0.5, 0.6) is 5.75 Å². The number of aromatic nitrogens is 1. The Morgan fingerprint density at radius 1 is 1.11 bits per heavy atom. The summed E-state index contributed by atoms with van der Waals surface area (Å²) < 4.78 is 42.0. The van der Waals surface area contributed by atoms with Crippen molar-refractivity contribution in [1.82, 2.24) is 4.57 Å².